The van der Waals surface area contributed by atoms with Gasteiger partial charge in [-0.05, 0) is 24.1 Å². The van der Waals surface area contributed by atoms with Gasteiger partial charge in [0.05, 0.1) is 4.90 Å². The molecule has 0 aliphatic heterocycles. The summed E-state index contributed by atoms with van der Waals surface area (Å²) in [6, 6.07) is 5.12. The van der Waals surface area contributed by atoms with Crippen molar-refractivity contribution in [2.45, 2.75) is 36.2 Å². The van der Waals surface area contributed by atoms with Gasteiger partial charge in [-0.25, -0.2) is 8.42 Å². The Morgan fingerprint density at radius 2 is 1.79 bits per heavy atom. The summed E-state index contributed by atoms with van der Waals surface area (Å²) in [5.74, 6) is -2.51. The van der Waals surface area contributed by atoms with Gasteiger partial charge in [-0.3, -0.25) is 4.21 Å². The van der Waals surface area contributed by atoms with E-state index in [2.05, 4.69) is 0 Å². The highest BCUT2D eigenvalue weighted by Gasteiger charge is 2.26. The summed E-state index contributed by atoms with van der Waals surface area (Å²) < 4.78 is 58.7. The fourth-order valence-corrected chi connectivity index (χ4v) is 3.48. The number of sulfone groups is 1. The second-order valence-corrected chi connectivity index (χ2v) is 7.59. The molecule has 3 nitrogen and oxygen atoms in total. The van der Waals surface area contributed by atoms with E-state index in [1.807, 2.05) is 6.92 Å². The van der Waals surface area contributed by atoms with Crippen molar-refractivity contribution in [3.63, 3.8) is 0 Å². The molecule has 7 heteroatoms. The molecule has 0 heterocycles. The molecule has 19 heavy (non-hydrogen) atoms. The van der Waals surface area contributed by atoms with Crippen LogP contribution in [0.2, 0.25) is 0 Å². The first-order chi connectivity index (χ1) is 8.87. The monoisotopic (exact) mass is 310 g/mol. The minimum Gasteiger partial charge on any atom is -0.259 e. The lowest BCUT2D eigenvalue weighted by molar-refractivity contribution is 0.234. The molecule has 0 N–H and O–H groups in total. The summed E-state index contributed by atoms with van der Waals surface area (Å²) in [4.78, 5) is -0.411. The highest BCUT2D eigenvalue weighted by atomic mass is 32.2. The Balaban J connectivity index is 2.75. The second kappa shape index (κ2) is 7.09. The summed E-state index contributed by atoms with van der Waals surface area (Å²) >= 11 is 0. The van der Waals surface area contributed by atoms with Gasteiger partial charge >= 0.3 is 5.76 Å². The van der Waals surface area contributed by atoms with E-state index >= 15 is 0 Å². The average Bonchev–Trinajstić information content (AvgIpc) is 2.36. The molecule has 0 aliphatic carbocycles. The fraction of sp³-hybridized carbons (Fsp3) is 0.500. The first-order valence-corrected chi connectivity index (χ1v) is 8.87. The minimum atomic E-state index is -4.55. The van der Waals surface area contributed by atoms with E-state index in [4.69, 9.17) is 0 Å². The molecule has 1 unspecified atom stereocenters. The zero-order valence-corrected chi connectivity index (χ0v) is 12.1. The lowest BCUT2D eigenvalue weighted by atomic mass is 10.2. The summed E-state index contributed by atoms with van der Waals surface area (Å²) in [5, 5.41) is 0. The number of hydrogen-bond donors (Lipinski definition) is 0. The second-order valence-electron chi connectivity index (χ2n) is 4.09. The van der Waals surface area contributed by atoms with Gasteiger partial charge in [-0.15, -0.1) is 0 Å². The number of unbranched alkanes of at least 4 members (excludes halogenated alkanes) is 1. The molecular weight excluding hydrogens is 294 g/mol. The van der Waals surface area contributed by atoms with Crippen molar-refractivity contribution >= 4 is 20.6 Å². The van der Waals surface area contributed by atoms with Gasteiger partial charge in [0.25, 0.3) is 0 Å². The molecule has 0 amide bonds. The Hall–Kier alpha value is -0.820. The number of rotatable bonds is 7. The Labute approximate surface area is 114 Å². The van der Waals surface area contributed by atoms with E-state index in [-0.39, 0.29) is 0 Å². The van der Waals surface area contributed by atoms with E-state index < -0.39 is 31.3 Å². The molecule has 1 aromatic rings. The lowest BCUT2D eigenvalue weighted by Gasteiger charge is -2.05. The van der Waals surface area contributed by atoms with Crippen LogP contribution in [0, 0.1) is 0 Å². The minimum absolute atomic E-state index is 0.314. The normalized spacial score (nSPS) is 13.7. The van der Waals surface area contributed by atoms with Gasteiger partial charge < -0.3 is 0 Å². The third-order valence-electron chi connectivity index (χ3n) is 2.54. The molecule has 1 aromatic carbocycles. The molecule has 0 bridgehead atoms. The van der Waals surface area contributed by atoms with Crippen LogP contribution in [-0.4, -0.2) is 24.1 Å². The summed E-state index contributed by atoms with van der Waals surface area (Å²) in [6.07, 6.45) is 1.82. The molecule has 0 fully saturated rings. The topological polar surface area (TPSA) is 51.2 Å². The number of alkyl halides is 2. The van der Waals surface area contributed by atoms with Crippen LogP contribution in [-0.2, 0) is 26.4 Å². The van der Waals surface area contributed by atoms with Crippen LogP contribution in [0.15, 0.2) is 29.2 Å². The van der Waals surface area contributed by atoms with Crippen LogP contribution in [0.25, 0.3) is 0 Å². The lowest BCUT2D eigenvalue weighted by Crippen LogP contribution is -2.11. The largest absolute Gasteiger partial charge is 0.341 e. The Morgan fingerprint density at radius 1 is 1.21 bits per heavy atom. The van der Waals surface area contributed by atoms with Crippen molar-refractivity contribution < 1.29 is 21.4 Å². The van der Waals surface area contributed by atoms with Gasteiger partial charge in [0.15, 0.2) is 0 Å². The standard InChI is InChI=1S/C12H16F2O3S2/c1-2-3-8-18(15)9-10-4-6-11(7-5-10)19(16,17)12(13)14/h4-7,12H,2-3,8-9H2,1H3. The summed E-state index contributed by atoms with van der Waals surface area (Å²) in [6.45, 7) is 2.00. The van der Waals surface area contributed by atoms with Crippen LogP contribution in [0.4, 0.5) is 8.78 Å². The first kappa shape index (κ1) is 16.2. The summed E-state index contributed by atoms with van der Waals surface area (Å²) in [7, 11) is -5.55. The Bertz CT molecular complexity index is 524. The first-order valence-electron chi connectivity index (χ1n) is 5.84. The van der Waals surface area contributed by atoms with E-state index in [0.29, 0.717) is 17.1 Å². The van der Waals surface area contributed by atoms with Crippen molar-refractivity contribution in [2.75, 3.05) is 5.75 Å². The molecule has 0 spiro atoms. The molecule has 0 aliphatic rings. The molecule has 1 rings (SSSR count). The third-order valence-corrected chi connectivity index (χ3v) is 5.34. The predicted octanol–water partition coefficient (Wildman–Crippen LogP) is 2.73. The maximum absolute atomic E-state index is 12.3. The molecular formula is C12H16F2O3S2. The van der Waals surface area contributed by atoms with Crippen LogP contribution in [0.1, 0.15) is 25.3 Å². The molecule has 0 aromatic heterocycles. The van der Waals surface area contributed by atoms with Crippen LogP contribution in [0.5, 0.6) is 0 Å². The van der Waals surface area contributed by atoms with E-state index in [0.717, 1.165) is 25.0 Å². The molecule has 108 valence electrons. The summed E-state index contributed by atoms with van der Waals surface area (Å²) in [5.41, 5.74) is 0.683. The van der Waals surface area contributed by atoms with Crippen molar-refractivity contribution in [2.24, 2.45) is 0 Å². The van der Waals surface area contributed by atoms with Crippen LogP contribution >= 0.6 is 0 Å². The van der Waals surface area contributed by atoms with Crippen molar-refractivity contribution in [3.8, 4) is 0 Å². The van der Waals surface area contributed by atoms with Gasteiger partial charge in [0, 0.05) is 22.3 Å². The van der Waals surface area contributed by atoms with Crippen molar-refractivity contribution in [1.82, 2.24) is 0 Å². The molecule has 0 saturated heterocycles. The van der Waals surface area contributed by atoms with E-state index in [9.17, 15) is 21.4 Å². The molecule has 0 radical (unpaired) electrons. The van der Waals surface area contributed by atoms with Crippen LogP contribution < -0.4 is 0 Å². The molecule has 0 saturated carbocycles. The Morgan fingerprint density at radius 3 is 2.26 bits per heavy atom. The number of hydrogen-bond acceptors (Lipinski definition) is 3. The van der Waals surface area contributed by atoms with Crippen LogP contribution in [0.3, 0.4) is 0 Å². The van der Waals surface area contributed by atoms with E-state index in [1.54, 1.807) is 0 Å². The maximum Gasteiger partial charge on any atom is 0.341 e. The van der Waals surface area contributed by atoms with Gasteiger partial charge in [0.2, 0.25) is 9.84 Å². The zero-order chi connectivity index (χ0) is 14.5. The number of halogens is 2. The van der Waals surface area contributed by atoms with Crippen molar-refractivity contribution in [3.05, 3.63) is 29.8 Å². The Kier molecular flexibility index (Phi) is 6.06. The number of benzene rings is 1. The van der Waals surface area contributed by atoms with Gasteiger partial charge in [-0.1, -0.05) is 25.5 Å². The fourth-order valence-electron chi connectivity index (χ4n) is 1.44. The SMILES string of the molecule is CCCCS(=O)Cc1ccc(S(=O)(=O)C(F)F)cc1. The third kappa shape index (κ3) is 4.65. The van der Waals surface area contributed by atoms with Gasteiger partial charge in [0.1, 0.15) is 0 Å². The van der Waals surface area contributed by atoms with Gasteiger partial charge in [-0.2, -0.15) is 8.78 Å². The maximum atomic E-state index is 12.3. The zero-order valence-electron chi connectivity index (χ0n) is 10.5. The van der Waals surface area contributed by atoms with Crippen molar-refractivity contribution in [1.29, 1.82) is 0 Å². The highest BCUT2D eigenvalue weighted by molar-refractivity contribution is 7.91. The average molecular weight is 310 g/mol. The van der Waals surface area contributed by atoms with E-state index in [1.165, 1.54) is 12.1 Å². The quantitative estimate of drug-likeness (QED) is 0.778. The smallest absolute Gasteiger partial charge is 0.259 e. The molecule has 1 atom stereocenters. The highest BCUT2D eigenvalue weighted by Crippen LogP contribution is 2.19. The predicted molar refractivity (Wildman–Crippen MR) is 71.3 cm³/mol.